The number of ketones is 1. The Balaban J connectivity index is 1.78. The van der Waals surface area contributed by atoms with Crippen molar-refractivity contribution < 1.29 is 4.79 Å². The molecular weight excluding hydrogens is 274 g/mol. The van der Waals surface area contributed by atoms with E-state index in [1.165, 1.54) is 19.3 Å². The van der Waals surface area contributed by atoms with E-state index in [0.717, 1.165) is 18.9 Å². The molecule has 5 heteroatoms. The van der Waals surface area contributed by atoms with Crippen LogP contribution in [-0.4, -0.2) is 41.1 Å². The third kappa shape index (κ3) is 2.51. The number of fused-ring (bicyclic) bond motifs is 2. The highest BCUT2D eigenvalue weighted by molar-refractivity contribution is 6.33. The number of carbonyl (C=O) groups is 1. The first-order valence-corrected chi connectivity index (χ1v) is 7.84. The highest BCUT2D eigenvalue weighted by Crippen LogP contribution is 2.49. The molecule has 3 rings (SSSR count). The van der Waals surface area contributed by atoms with Crippen LogP contribution in [0, 0.1) is 17.8 Å². The molecule has 0 aliphatic heterocycles. The lowest BCUT2D eigenvalue weighted by Gasteiger charge is -2.21. The van der Waals surface area contributed by atoms with E-state index in [9.17, 15) is 4.79 Å². The number of hydrogen-bond acceptors (Lipinski definition) is 3. The maximum absolute atomic E-state index is 12.8. The molecule has 1 aromatic rings. The van der Waals surface area contributed by atoms with Gasteiger partial charge in [0.15, 0.2) is 5.78 Å². The summed E-state index contributed by atoms with van der Waals surface area (Å²) in [6.07, 6.45) is 6.42. The quantitative estimate of drug-likeness (QED) is 0.784. The molecule has 2 aliphatic carbocycles. The molecule has 20 heavy (non-hydrogen) atoms. The Morgan fingerprint density at radius 3 is 2.85 bits per heavy atom. The summed E-state index contributed by atoms with van der Waals surface area (Å²) in [6, 6.07) is 0. The van der Waals surface area contributed by atoms with Crippen molar-refractivity contribution in [2.45, 2.75) is 32.2 Å². The van der Waals surface area contributed by atoms with Gasteiger partial charge in [0.2, 0.25) is 0 Å². The van der Waals surface area contributed by atoms with Gasteiger partial charge in [-0.3, -0.25) is 9.48 Å². The van der Waals surface area contributed by atoms with Gasteiger partial charge in [0.25, 0.3) is 0 Å². The molecule has 2 fully saturated rings. The summed E-state index contributed by atoms with van der Waals surface area (Å²) in [4.78, 5) is 14.9. The molecular formula is C15H22ClN3O. The van der Waals surface area contributed by atoms with Crippen molar-refractivity contribution >= 4 is 17.4 Å². The minimum absolute atomic E-state index is 0.182. The summed E-state index contributed by atoms with van der Waals surface area (Å²) in [5, 5.41) is 4.79. The predicted octanol–water partition coefficient (Wildman–Crippen LogP) is 2.72. The molecule has 0 radical (unpaired) electrons. The van der Waals surface area contributed by atoms with Crippen LogP contribution >= 0.6 is 11.6 Å². The van der Waals surface area contributed by atoms with Gasteiger partial charge in [-0.1, -0.05) is 18.0 Å². The van der Waals surface area contributed by atoms with Crippen molar-refractivity contribution in [3.8, 4) is 0 Å². The molecule has 0 saturated heterocycles. The van der Waals surface area contributed by atoms with Crippen LogP contribution in [0.2, 0.25) is 5.02 Å². The molecule has 2 bridgehead atoms. The maximum atomic E-state index is 12.8. The van der Waals surface area contributed by atoms with Crippen molar-refractivity contribution in [2.75, 3.05) is 20.6 Å². The fourth-order valence-electron chi connectivity index (χ4n) is 3.81. The Kier molecular flexibility index (Phi) is 3.87. The number of Topliss-reactive ketones (excluding diaryl/α,β-unsaturated/α-hetero) is 1. The first-order chi connectivity index (χ1) is 9.56. The molecule has 1 heterocycles. The number of likely N-dealkylation sites (N-methyl/N-ethyl adjacent to an activating group) is 1. The van der Waals surface area contributed by atoms with Crippen molar-refractivity contribution in [3.05, 3.63) is 16.9 Å². The second kappa shape index (κ2) is 5.49. The van der Waals surface area contributed by atoms with Crippen LogP contribution in [0.3, 0.4) is 0 Å². The number of rotatable bonds is 5. The highest BCUT2D eigenvalue weighted by Gasteiger charge is 2.44. The molecule has 2 aliphatic rings. The van der Waals surface area contributed by atoms with E-state index in [0.29, 0.717) is 23.2 Å². The van der Waals surface area contributed by atoms with Crippen molar-refractivity contribution in [3.63, 3.8) is 0 Å². The zero-order chi connectivity index (χ0) is 14.3. The van der Waals surface area contributed by atoms with Crippen LogP contribution in [0.1, 0.15) is 36.2 Å². The van der Waals surface area contributed by atoms with E-state index in [-0.39, 0.29) is 11.7 Å². The molecule has 0 N–H and O–H groups in total. The van der Waals surface area contributed by atoms with Crippen molar-refractivity contribution in [1.29, 1.82) is 0 Å². The van der Waals surface area contributed by atoms with Crippen LogP contribution in [0.15, 0.2) is 6.20 Å². The Hall–Kier alpha value is -0.870. The lowest BCUT2D eigenvalue weighted by Crippen LogP contribution is -2.26. The highest BCUT2D eigenvalue weighted by atomic mass is 35.5. The van der Waals surface area contributed by atoms with Crippen LogP contribution < -0.4 is 0 Å². The topological polar surface area (TPSA) is 38.1 Å². The van der Waals surface area contributed by atoms with Gasteiger partial charge in [-0.2, -0.15) is 5.10 Å². The van der Waals surface area contributed by atoms with E-state index >= 15 is 0 Å². The average molecular weight is 296 g/mol. The summed E-state index contributed by atoms with van der Waals surface area (Å²) in [5.74, 6) is 1.76. The zero-order valence-corrected chi connectivity index (χ0v) is 12.9. The minimum atomic E-state index is 0.182. The van der Waals surface area contributed by atoms with Gasteiger partial charge < -0.3 is 4.90 Å². The SMILES string of the molecule is CN(C)CCn1ncc(Cl)c1C(=O)C1CC2CCC1C2. The fraction of sp³-hybridized carbons (Fsp3) is 0.733. The standard InChI is InChI=1S/C15H22ClN3O/c1-18(2)5-6-19-14(13(16)9-17-19)15(20)12-8-10-3-4-11(12)7-10/h9-12H,3-8H2,1-2H3. The lowest BCUT2D eigenvalue weighted by atomic mass is 9.84. The van der Waals surface area contributed by atoms with Crippen molar-refractivity contribution in [2.24, 2.45) is 17.8 Å². The Morgan fingerprint density at radius 1 is 1.45 bits per heavy atom. The molecule has 4 nitrogen and oxygen atoms in total. The second-order valence-corrected chi connectivity index (χ2v) is 6.92. The van der Waals surface area contributed by atoms with Gasteiger partial charge in [0, 0.05) is 12.5 Å². The fourth-order valence-corrected chi connectivity index (χ4v) is 4.05. The Morgan fingerprint density at radius 2 is 2.25 bits per heavy atom. The smallest absolute Gasteiger partial charge is 0.185 e. The zero-order valence-electron chi connectivity index (χ0n) is 12.2. The third-order valence-corrected chi connectivity index (χ3v) is 5.14. The summed E-state index contributed by atoms with van der Waals surface area (Å²) >= 11 is 6.22. The monoisotopic (exact) mass is 295 g/mol. The Labute approximate surface area is 125 Å². The molecule has 0 spiro atoms. The molecule has 3 unspecified atom stereocenters. The lowest BCUT2D eigenvalue weighted by molar-refractivity contribution is 0.0862. The average Bonchev–Trinajstić information content (AvgIpc) is 3.10. The largest absolute Gasteiger partial charge is 0.308 e. The molecule has 1 aromatic heterocycles. The normalized spacial score (nSPS) is 28.5. The van der Waals surface area contributed by atoms with Gasteiger partial charge in [0.05, 0.1) is 17.8 Å². The maximum Gasteiger partial charge on any atom is 0.185 e. The molecule has 0 aromatic carbocycles. The first kappa shape index (κ1) is 14.1. The molecule has 0 amide bonds. The van der Waals surface area contributed by atoms with Crippen molar-refractivity contribution in [1.82, 2.24) is 14.7 Å². The number of halogens is 1. The van der Waals surface area contributed by atoms with Gasteiger partial charge in [-0.05, 0) is 45.2 Å². The van der Waals surface area contributed by atoms with Crippen LogP contribution in [-0.2, 0) is 6.54 Å². The predicted molar refractivity (Wildman–Crippen MR) is 79.1 cm³/mol. The number of hydrogen-bond donors (Lipinski definition) is 0. The number of nitrogens with zero attached hydrogens (tertiary/aromatic N) is 3. The van der Waals surface area contributed by atoms with E-state index in [1.807, 2.05) is 14.1 Å². The summed E-state index contributed by atoms with van der Waals surface area (Å²) in [5.41, 5.74) is 0.631. The third-order valence-electron chi connectivity index (χ3n) is 4.86. The van der Waals surface area contributed by atoms with E-state index < -0.39 is 0 Å². The van der Waals surface area contributed by atoms with Crippen LogP contribution in [0.5, 0.6) is 0 Å². The van der Waals surface area contributed by atoms with Crippen LogP contribution in [0.4, 0.5) is 0 Å². The summed E-state index contributed by atoms with van der Waals surface area (Å²) < 4.78 is 1.79. The van der Waals surface area contributed by atoms with Gasteiger partial charge in [-0.25, -0.2) is 0 Å². The van der Waals surface area contributed by atoms with Gasteiger partial charge in [-0.15, -0.1) is 0 Å². The molecule has 110 valence electrons. The summed E-state index contributed by atoms with van der Waals surface area (Å²) in [6.45, 7) is 1.57. The second-order valence-electron chi connectivity index (χ2n) is 6.51. The van der Waals surface area contributed by atoms with E-state index in [1.54, 1.807) is 10.9 Å². The molecule has 3 atom stereocenters. The van der Waals surface area contributed by atoms with Gasteiger partial charge in [0.1, 0.15) is 5.69 Å². The van der Waals surface area contributed by atoms with E-state index in [2.05, 4.69) is 10.00 Å². The minimum Gasteiger partial charge on any atom is -0.308 e. The van der Waals surface area contributed by atoms with Gasteiger partial charge >= 0.3 is 0 Å². The summed E-state index contributed by atoms with van der Waals surface area (Å²) in [7, 11) is 4.03. The van der Waals surface area contributed by atoms with Crippen LogP contribution in [0.25, 0.3) is 0 Å². The number of aromatic nitrogens is 2. The first-order valence-electron chi connectivity index (χ1n) is 7.46. The number of carbonyl (C=O) groups excluding carboxylic acids is 1. The molecule has 2 saturated carbocycles. The van der Waals surface area contributed by atoms with E-state index in [4.69, 9.17) is 11.6 Å². The Bertz CT molecular complexity index is 511.